The minimum atomic E-state index is -0.750. The van der Waals surface area contributed by atoms with Gasteiger partial charge in [-0.1, -0.05) is 19.9 Å². The van der Waals surface area contributed by atoms with Gasteiger partial charge in [0.1, 0.15) is 0 Å². The predicted molar refractivity (Wildman–Crippen MR) is 74.3 cm³/mol. The number of carbonyl (C=O) groups is 3. The molecule has 2 N–H and O–H groups in total. The quantitative estimate of drug-likeness (QED) is 0.583. The molecule has 108 valence electrons. The number of nitrogens with zero attached hydrogens (tertiary/aromatic N) is 1. The molecule has 0 aromatic rings. The van der Waals surface area contributed by atoms with Crippen molar-refractivity contribution in [3.63, 3.8) is 0 Å². The van der Waals surface area contributed by atoms with E-state index in [-0.39, 0.29) is 18.5 Å². The van der Waals surface area contributed by atoms with Crippen LogP contribution < -0.4 is 5.73 Å². The van der Waals surface area contributed by atoms with Crippen LogP contribution in [0.2, 0.25) is 0 Å². The lowest BCUT2D eigenvalue weighted by Crippen LogP contribution is -2.45. The lowest BCUT2D eigenvalue weighted by atomic mass is 10.1. The Hall–Kier alpha value is -1.49. The van der Waals surface area contributed by atoms with E-state index in [0.717, 1.165) is 4.90 Å². The predicted octanol–water partition coefficient (Wildman–Crippen LogP) is 1.41. The van der Waals surface area contributed by atoms with Crippen LogP contribution >= 0.6 is 0 Å². The van der Waals surface area contributed by atoms with Gasteiger partial charge in [0.2, 0.25) is 5.78 Å². The summed E-state index contributed by atoms with van der Waals surface area (Å²) in [5, 5.41) is 0. The van der Waals surface area contributed by atoms with E-state index in [1.165, 1.54) is 0 Å². The molecule has 0 aliphatic heterocycles. The van der Waals surface area contributed by atoms with Crippen LogP contribution in [0.1, 0.15) is 47.5 Å². The molecule has 2 amide bonds. The first-order valence-corrected chi connectivity index (χ1v) is 6.60. The Morgan fingerprint density at radius 1 is 1.16 bits per heavy atom. The Bertz CT molecular complexity index is 386. The van der Waals surface area contributed by atoms with E-state index in [9.17, 15) is 14.4 Å². The maximum absolute atomic E-state index is 12.2. The van der Waals surface area contributed by atoms with Gasteiger partial charge in [0.25, 0.3) is 11.8 Å². The first-order chi connectivity index (χ1) is 8.76. The average Bonchev–Trinajstić information content (AvgIpc) is 2.36. The Balaban J connectivity index is 5.21. The average molecular weight is 268 g/mol. The number of imide groups is 1. The van der Waals surface area contributed by atoms with E-state index in [4.69, 9.17) is 5.73 Å². The summed E-state index contributed by atoms with van der Waals surface area (Å²) in [4.78, 5) is 36.6. The summed E-state index contributed by atoms with van der Waals surface area (Å²) in [5.74, 6) is -1.76. The molecule has 0 radical (unpaired) electrons. The third-order valence-electron chi connectivity index (χ3n) is 2.79. The zero-order valence-corrected chi connectivity index (χ0v) is 12.4. The van der Waals surface area contributed by atoms with E-state index in [2.05, 4.69) is 0 Å². The van der Waals surface area contributed by atoms with Gasteiger partial charge < -0.3 is 5.73 Å². The number of rotatable bonds is 6. The van der Waals surface area contributed by atoms with Gasteiger partial charge in [-0.05, 0) is 27.2 Å². The molecule has 5 nitrogen and oxygen atoms in total. The summed E-state index contributed by atoms with van der Waals surface area (Å²) in [5.41, 5.74) is 6.14. The van der Waals surface area contributed by atoms with Crippen LogP contribution in [0.3, 0.4) is 0 Å². The van der Waals surface area contributed by atoms with Crippen LogP contribution in [0.5, 0.6) is 0 Å². The largest absolute Gasteiger partial charge is 0.324 e. The normalized spacial score (nSPS) is 13.3. The topological polar surface area (TPSA) is 80.5 Å². The van der Waals surface area contributed by atoms with Gasteiger partial charge >= 0.3 is 0 Å². The van der Waals surface area contributed by atoms with Crippen LogP contribution in [0, 0.1) is 0 Å². The van der Waals surface area contributed by atoms with E-state index in [0.29, 0.717) is 12.0 Å². The van der Waals surface area contributed by atoms with Crippen molar-refractivity contribution in [1.29, 1.82) is 0 Å². The Kier molecular flexibility index (Phi) is 7.22. The van der Waals surface area contributed by atoms with Crippen LogP contribution in [0.25, 0.3) is 0 Å². The SMILES string of the molecule is CCC(=O)C(=O)N(C(=O)C(C)=CC(N)CC)C(C)C. The van der Waals surface area contributed by atoms with E-state index >= 15 is 0 Å². The fourth-order valence-corrected chi connectivity index (χ4v) is 1.55. The molecule has 1 atom stereocenters. The molecule has 0 aromatic carbocycles. The fraction of sp³-hybridized carbons (Fsp3) is 0.643. The minimum absolute atomic E-state index is 0.0899. The molecule has 19 heavy (non-hydrogen) atoms. The maximum atomic E-state index is 12.2. The van der Waals surface area contributed by atoms with Crippen molar-refractivity contribution in [2.75, 3.05) is 0 Å². The van der Waals surface area contributed by atoms with Gasteiger partial charge in [-0.15, -0.1) is 0 Å². The molecule has 0 fully saturated rings. The summed E-state index contributed by atoms with van der Waals surface area (Å²) in [7, 11) is 0. The van der Waals surface area contributed by atoms with Gasteiger partial charge in [-0.3, -0.25) is 19.3 Å². The van der Waals surface area contributed by atoms with Crippen LogP contribution in [0.15, 0.2) is 11.6 Å². The van der Waals surface area contributed by atoms with Crippen molar-refractivity contribution in [1.82, 2.24) is 4.90 Å². The van der Waals surface area contributed by atoms with Gasteiger partial charge in [0.05, 0.1) is 0 Å². The van der Waals surface area contributed by atoms with Gasteiger partial charge in [-0.2, -0.15) is 0 Å². The first kappa shape index (κ1) is 17.5. The first-order valence-electron chi connectivity index (χ1n) is 6.60. The molecule has 5 heteroatoms. The molecule has 0 aromatic heterocycles. The van der Waals surface area contributed by atoms with Gasteiger partial charge in [-0.25, -0.2) is 0 Å². The molecule has 0 spiro atoms. The summed E-state index contributed by atoms with van der Waals surface area (Å²) in [6, 6.07) is -0.591. The summed E-state index contributed by atoms with van der Waals surface area (Å²) in [6.45, 7) is 8.51. The monoisotopic (exact) mass is 268 g/mol. The number of hydrogen-bond donors (Lipinski definition) is 1. The second-order valence-corrected chi connectivity index (χ2v) is 4.77. The molecule has 0 bridgehead atoms. The van der Waals surface area contributed by atoms with Crippen LogP contribution in [-0.4, -0.2) is 34.6 Å². The standard InChI is InChI=1S/C14H24N2O3/c1-6-11(15)8-10(5)13(18)16(9(3)4)14(19)12(17)7-2/h8-9,11H,6-7,15H2,1-5H3. The summed E-state index contributed by atoms with van der Waals surface area (Å²) < 4.78 is 0. The highest BCUT2D eigenvalue weighted by Gasteiger charge is 2.29. The lowest BCUT2D eigenvalue weighted by molar-refractivity contribution is -0.151. The Morgan fingerprint density at radius 3 is 2.05 bits per heavy atom. The number of amides is 2. The Labute approximate surface area is 114 Å². The Morgan fingerprint density at radius 2 is 1.68 bits per heavy atom. The van der Waals surface area contributed by atoms with Crippen molar-refractivity contribution in [2.24, 2.45) is 5.73 Å². The molecule has 0 saturated carbocycles. The van der Waals surface area contributed by atoms with E-state index < -0.39 is 17.6 Å². The number of ketones is 1. The summed E-state index contributed by atoms with van der Waals surface area (Å²) in [6.07, 6.45) is 2.42. The number of nitrogens with two attached hydrogens (primary N) is 1. The molecule has 0 aliphatic rings. The zero-order valence-electron chi connectivity index (χ0n) is 12.4. The van der Waals surface area contributed by atoms with E-state index in [1.807, 2.05) is 6.92 Å². The smallest absolute Gasteiger partial charge is 0.297 e. The van der Waals surface area contributed by atoms with Crippen molar-refractivity contribution in [3.8, 4) is 0 Å². The van der Waals surface area contributed by atoms with Crippen molar-refractivity contribution < 1.29 is 14.4 Å². The second kappa shape index (κ2) is 7.84. The second-order valence-electron chi connectivity index (χ2n) is 4.77. The van der Waals surface area contributed by atoms with Gasteiger partial charge in [0, 0.05) is 24.1 Å². The third kappa shape index (κ3) is 4.95. The number of carbonyl (C=O) groups excluding carboxylic acids is 3. The molecular weight excluding hydrogens is 244 g/mol. The molecule has 0 aliphatic carbocycles. The number of Topliss-reactive ketones (excluding diaryl/α,β-unsaturated/α-hetero) is 1. The third-order valence-corrected chi connectivity index (χ3v) is 2.79. The van der Waals surface area contributed by atoms with Crippen LogP contribution in [0.4, 0.5) is 0 Å². The minimum Gasteiger partial charge on any atom is -0.324 e. The molecule has 1 unspecified atom stereocenters. The van der Waals surface area contributed by atoms with Crippen molar-refractivity contribution >= 4 is 17.6 Å². The molecule has 0 heterocycles. The fourth-order valence-electron chi connectivity index (χ4n) is 1.55. The van der Waals surface area contributed by atoms with Gasteiger partial charge in [0.15, 0.2) is 0 Å². The van der Waals surface area contributed by atoms with Crippen molar-refractivity contribution in [3.05, 3.63) is 11.6 Å². The van der Waals surface area contributed by atoms with E-state index in [1.54, 1.807) is 33.8 Å². The highest BCUT2D eigenvalue weighted by molar-refractivity contribution is 6.39. The van der Waals surface area contributed by atoms with Crippen molar-refractivity contribution in [2.45, 2.75) is 59.5 Å². The highest BCUT2D eigenvalue weighted by atomic mass is 16.2. The molecule has 0 rings (SSSR count). The molecular formula is C14H24N2O3. The highest BCUT2D eigenvalue weighted by Crippen LogP contribution is 2.09. The number of hydrogen-bond acceptors (Lipinski definition) is 4. The lowest BCUT2D eigenvalue weighted by Gasteiger charge is -2.24. The zero-order chi connectivity index (χ0) is 15.2. The molecule has 0 saturated heterocycles. The van der Waals surface area contributed by atoms with Crippen LogP contribution in [-0.2, 0) is 14.4 Å². The summed E-state index contributed by atoms with van der Waals surface area (Å²) >= 11 is 0. The maximum Gasteiger partial charge on any atom is 0.297 e.